The van der Waals surface area contributed by atoms with E-state index in [1.54, 1.807) is 17.9 Å². The second kappa shape index (κ2) is 5.09. The Hall–Kier alpha value is -2.38. The molecule has 0 fully saturated rings. The molecule has 0 amide bonds. The van der Waals surface area contributed by atoms with Crippen molar-refractivity contribution in [1.82, 2.24) is 19.6 Å². The quantitative estimate of drug-likeness (QED) is 0.648. The average Bonchev–Trinajstić information content (AvgIpc) is 2.90. The lowest BCUT2D eigenvalue weighted by Gasteiger charge is -2.06. The number of nitro groups is 1. The summed E-state index contributed by atoms with van der Waals surface area (Å²) in [5.41, 5.74) is 1.47. The van der Waals surface area contributed by atoms with E-state index in [0.717, 1.165) is 5.69 Å². The lowest BCUT2D eigenvalue weighted by molar-refractivity contribution is -0.384. The summed E-state index contributed by atoms with van der Waals surface area (Å²) < 4.78 is 3.23. The van der Waals surface area contributed by atoms with Gasteiger partial charge in [-0.05, 0) is 12.5 Å². The molecule has 0 aliphatic heterocycles. The zero-order valence-corrected chi connectivity index (χ0v) is 11.1. The summed E-state index contributed by atoms with van der Waals surface area (Å²) in [6.45, 7) is 2.31. The minimum atomic E-state index is -0.391. The van der Waals surface area contributed by atoms with E-state index in [4.69, 9.17) is 0 Å². The fraction of sp³-hybridized carbons (Fsp3) is 0.455. The molecule has 0 aromatic carbocycles. The Kier molecular flexibility index (Phi) is 3.50. The van der Waals surface area contributed by atoms with E-state index in [1.807, 2.05) is 20.0 Å². The van der Waals surface area contributed by atoms with Crippen molar-refractivity contribution >= 4 is 11.5 Å². The molecule has 0 aliphatic carbocycles. The van der Waals surface area contributed by atoms with E-state index in [-0.39, 0.29) is 5.69 Å². The van der Waals surface area contributed by atoms with Gasteiger partial charge in [0.15, 0.2) is 0 Å². The summed E-state index contributed by atoms with van der Waals surface area (Å²) in [5, 5.41) is 22.4. The zero-order valence-electron chi connectivity index (χ0n) is 11.1. The first kappa shape index (κ1) is 13.1. The van der Waals surface area contributed by atoms with Gasteiger partial charge in [-0.1, -0.05) is 6.92 Å². The molecule has 2 rings (SSSR count). The van der Waals surface area contributed by atoms with Gasteiger partial charge in [-0.25, -0.2) is 4.68 Å². The maximum absolute atomic E-state index is 11.1. The second-order valence-corrected chi connectivity index (χ2v) is 4.18. The summed E-state index contributed by atoms with van der Waals surface area (Å²) in [4.78, 5) is 10.7. The first-order valence-corrected chi connectivity index (χ1v) is 5.95. The molecule has 1 N–H and O–H groups in total. The number of hydrogen-bond acceptors (Lipinski definition) is 5. The molecular formula is C11H16N6O2. The van der Waals surface area contributed by atoms with E-state index in [1.165, 1.54) is 4.68 Å². The first-order chi connectivity index (χ1) is 9.04. The van der Waals surface area contributed by atoms with Crippen LogP contribution in [-0.2, 0) is 27.1 Å². The highest BCUT2D eigenvalue weighted by Gasteiger charge is 2.25. The number of rotatable bonds is 5. The highest BCUT2D eigenvalue weighted by molar-refractivity contribution is 5.59. The van der Waals surface area contributed by atoms with Crippen molar-refractivity contribution in [2.75, 3.05) is 5.32 Å². The molecule has 0 saturated carbocycles. The number of hydrogen-bond donors (Lipinski definition) is 1. The van der Waals surface area contributed by atoms with Crippen LogP contribution in [0, 0.1) is 10.1 Å². The Morgan fingerprint density at radius 2 is 2.16 bits per heavy atom. The molecular weight excluding hydrogens is 248 g/mol. The van der Waals surface area contributed by atoms with Crippen LogP contribution in [0.1, 0.15) is 18.3 Å². The lowest BCUT2D eigenvalue weighted by atomic mass is 10.3. The summed E-state index contributed by atoms with van der Waals surface area (Å²) >= 11 is 0. The summed E-state index contributed by atoms with van der Waals surface area (Å²) in [5.74, 6) is 0.419. The van der Waals surface area contributed by atoms with Gasteiger partial charge in [0.2, 0.25) is 5.82 Å². The lowest BCUT2D eigenvalue weighted by Crippen LogP contribution is -2.09. The van der Waals surface area contributed by atoms with E-state index >= 15 is 0 Å². The molecule has 8 heteroatoms. The fourth-order valence-corrected chi connectivity index (χ4v) is 1.95. The molecule has 0 spiro atoms. The molecule has 2 heterocycles. The number of nitrogens with zero attached hydrogens (tertiary/aromatic N) is 5. The van der Waals surface area contributed by atoms with Crippen molar-refractivity contribution in [2.24, 2.45) is 14.1 Å². The van der Waals surface area contributed by atoms with Crippen LogP contribution < -0.4 is 5.32 Å². The Labute approximate surface area is 110 Å². The van der Waals surface area contributed by atoms with Crippen molar-refractivity contribution < 1.29 is 4.92 Å². The molecule has 19 heavy (non-hydrogen) atoms. The predicted molar refractivity (Wildman–Crippen MR) is 69.8 cm³/mol. The van der Waals surface area contributed by atoms with Crippen molar-refractivity contribution in [1.29, 1.82) is 0 Å². The minimum absolute atomic E-state index is 0.0483. The van der Waals surface area contributed by atoms with E-state index in [9.17, 15) is 10.1 Å². The van der Waals surface area contributed by atoms with E-state index in [2.05, 4.69) is 15.5 Å². The zero-order chi connectivity index (χ0) is 14.0. The third-order valence-electron chi connectivity index (χ3n) is 2.97. The molecule has 2 aromatic heterocycles. The monoisotopic (exact) mass is 264 g/mol. The standard InChI is InChI=1S/C11H16N6O2/c1-4-9-10(17(18)19)11(16(3)14-9)12-7-8-5-6-13-15(8)2/h5-6,12H,4,7H2,1-3H3. The van der Waals surface area contributed by atoms with Gasteiger partial charge in [0.25, 0.3) is 0 Å². The van der Waals surface area contributed by atoms with Crippen molar-refractivity contribution in [3.63, 3.8) is 0 Å². The minimum Gasteiger partial charge on any atom is -0.359 e. The maximum atomic E-state index is 11.1. The molecule has 102 valence electrons. The third kappa shape index (κ3) is 2.42. The van der Waals surface area contributed by atoms with Crippen LogP contribution >= 0.6 is 0 Å². The van der Waals surface area contributed by atoms with Crippen LogP contribution in [0.3, 0.4) is 0 Å². The molecule has 0 aliphatic rings. The van der Waals surface area contributed by atoms with Crippen LogP contribution in [0.25, 0.3) is 0 Å². The number of aryl methyl sites for hydroxylation is 3. The predicted octanol–water partition coefficient (Wildman–Crippen LogP) is 1.24. The van der Waals surface area contributed by atoms with Crippen LogP contribution in [0.2, 0.25) is 0 Å². The topological polar surface area (TPSA) is 90.8 Å². The van der Waals surface area contributed by atoms with Gasteiger partial charge >= 0.3 is 5.69 Å². The number of aromatic nitrogens is 4. The SMILES string of the molecule is CCc1nn(C)c(NCc2ccnn2C)c1[N+](=O)[O-]. The third-order valence-corrected chi connectivity index (χ3v) is 2.97. The van der Waals surface area contributed by atoms with Crippen LogP contribution in [0.4, 0.5) is 11.5 Å². The Bertz CT molecular complexity index is 600. The largest absolute Gasteiger partial charge is 0.359 e. The Balaban J connectivity index is 2.27. The molecule has 0 atom stereocenters. The molecule has 0 radical (unpaired) electrons. The van der Waals surface area contributed by atoms with Crippen molar-refractivity contribution in [2.45, 2.75) is 19.9 Å². The van der Waals surface area contributed by atoms with E-state index < -0.39 is 4.92 Å². The van der Waals surface area contributed by atoms with Gasteiger partial charge in [-0.3, -0.25) is 14.8 Å². The summed E-state index contributed by atoms with van der Waals surface area (Å²) in [7, 11) is 3.52. The number of nitrogens with one attached hydrogen (secondary N) is 1. The Morgan fingerprint density at radius 1 is 1.42 bits per heavy atom. The van der Waals surface area contributed by atoms with Crippen molar-refractivity contribution in [3.05, 3.63) is 33.8 Å². The molecule has 0 bridgehead atoms. The van der Waals surface area contributed by atoms with Gasteiger partial charge < -0.3 is 5.32 Å². The molecule has 0 unspecified atom stereocenters. The first-order valence-electron chi connectivity index (χ1n) is 5.95. The van der Waals surface area contributed by atoms with Gasteiger partial charge in [-0.2, -0.15) is 10.2 Å². The second-order valence-electron chi connectivity index (χ2n) is 4.18. The van der Waals surface area contributed by atoms with Gasteiger partial charge in [0.1, 0.15) is 5.69 Å². The molecule has 2 aromatic rings. The van der Waals surface area contributed by atoms with Gasteiger partial charge in [0.05, 0.1) is 17.2 Å². The molecule has 8 nitrogen and oxygen atoms in total. The maximum Gasteiger partial charge on any atom is 0.333 e. The van der Waals surface area contributed by atoms with E-state index in [0.29, 0.717) is 24.5 Å². The van der Waals surface area contributed by atoms with Crippen LogP contribution in [0.15, 0.2) is 12.3 Å². The highest BCUT2D eigenvalue weighted by atomic mass is 16.6. The highest BCUT2D eigenvalue weighted by Crippen LogP contribution is 2.28. The van der Waals surface area contributed by atoms with Crippen LogP contribution in [0.5, 0.6) is 0 Å². The fourth-order valence-electron chi connectivity index (χ4n) is 1.95. The Morgan fingerprint density at radius 3 is 2.68 bits per heavy atom. The molecule has 0 saturated heterocycles. The summed E-state index contributed by atoms with van der Waals surface area (Å²) in [6, 6.07) is 1.86. The number of anilines is 1. The van der Waals surface area contributed by atoms with Crippen molar-refractivity contribution in [3.8, 4) is 0 Å². The average molecular weight is 264 g/mol. The van der Waals surface area contributed by atoms with Gasteiger partial charge in [-0.15, -0.1) is 0 Å². The smallest absolute Gasteiger partial charge is 0.333 e. The van der Waals surface area contributed by atoms with Crippen LogP contribution in [-0.4, -0.2) is 24.5 Å². The normalized spacial score (nSPS) is 10.7. The summed E-state index contributed by atoms with van der Waals surface area (Å²) in [6.07, 6.45) is 2.21. The van der Waals surface area contributed by atoms with Gasteiger partial charge in [0, 0.05) is 20.3 Å².